The van der Waals surface area contributed by atoms with Gasteiger partial charge in [-0.25, -0.2) is 9.36 Å². The maximum absolute atomic E-state index is 5.12. The minimum absolute atomic E-state index is 0.0935. The first-order valence-electron chi connectivity index (χ1n) is 16.8. The van der Waals surface area contributed by atoms with E-state index in [-0.39, 0.29) is 11.1 Å². The molecule has 0 aliphatic heterocycles. The van der Waals surface area contributed by atoms with Crippen LogP contribution < -0.4 is 0 Å². The van der Waals surface area contributed by atoms with Crippen molar-refractivity contribution in [3.63, 3.8) is 0 Å². The molecule has 0 N–H and O–H groups in total. The summed E-state index contributed by atoms with van der Waals surface area (Å²) in [6, 6.07) is 17.9. The van der Waals surface area contributed by atoms with Crippen molar-refractivity contribution in [2.45, 2.75) is 88.1 Å². The molecule has 42 heavy (non-hydrogen) atoms. The smallest absolute Gasteiger partial charge is 0.121 e. The van der Waals surface area contributed by atoms with E-state index in [1.807, 2.05) is 0 Å². The van der Waals surface area contributed by atoms with E-state index in [1.165, 1.54) is 111 Å². The Bertz CT molecular complexity index is 1570. The second-order valence-electron chi connectivity index (χ2n) is 15.8. The highest BCUT2D eigenvalue weighted by Crippen LogP contribution is 2.62. The Labute approximate surface area is 246 Å². The third-order valence-electron chi connectivity index (χ3n) is 13.1. The van der Waals surface area contributed by atoms with Crippen molar-refractivity contribution in [2.24, 2.45) is 35.5 Å². The third-order valence-corrected chi connectivity index (χ3v) is 13.1. The lowest BCUT2D eigenvalue weighted by Gasteiger charge is -2.56. The van der Waals surface area contributed by atoms with Crippen LogP contribution in [-0.2, 0) is 11.1 Å². The molecule has 9 aliphatic carbocycles. The molecule has 0 radical (unpaired) electrons. The predicted octanol–water partition coefficient (Wildman–Crippen LogP) is 7.70. The largest absolute Gasteiger partial charge is 0.238 e. The number of benzene rings is 2. The Balaban J connectivity index is 1.17. The molecule has 9 aliphatic rings. The van der Waals surface area contributed by atoms with E-state index in [4.69, 9.17) is 20.6 Å². The Kier molecular flexibility index (Phi) is 4.31. The molecule has 6 nitrogen and oxygen atoms in total. The minimum atomic E-state index is 0.0935. The van der Waals surface area contributed by atoms with Crippen LogP contribution in [0.15, 0.2) is 48.5 Å². The molecule has 8 fully saturated rings. The second kappa shape index (κ2) is 7.81. The van der Waals surface area contributed by atoms with Crippen LogP contribution in [0.2, 0.25) is 0 Å². The summed E-state index contributed by atoms with van der Waals surface area (Å²) in [5, 5.41) is 20.4. The van der Waals surface area contributed by atoms with E-state index in [9.17, 15) is 0 Å². The summed E-state index contributed by atoms with van der Waals surface area (Å²) in [5.74, 6) is 5.08. The lowest BCUT2D eigenvalue weighted by Crippen LogP contribution is -2.52. The van der Waals surface area contributed by atoms with Gasteiger partial charge in [0.2, 0.25) is 0 Å². The first-order valence-corrected chi connectivity index (χ1v) is 16.8. The Morgan fingerprint density at radius 2 is 0.762 bits per heavy atom. The van der Waals surface area contributed by atoms with Crippen LogP contribution in [0.25, 0.3) is 45.0 Å². The van der Waals surface area contributed by atoms with E-state index in [0.717, 1.165) is 46.9 Å². The van der Waals surface area contributed by atoms with Crippen molar-refractivity contribution < 1.29 is 0 Å². The molecule has 0 amide bonds. The van der Waals surface area contributed by atoms with Gasteiger partial charge in [-0.3, -0.25) is 0 Å². The molecular weight excluding hydrogens is 516 g/mol. The van der Waals surface area contributed by atoms with E-state index in [1.54, 1.807) is 0 Å². The average Bonchev–Trinajstić information content (AvgIpc) is 3.61. The maximum Gasteiger partial charge on any atom is 0.121 e. The summed E-state index contributed by atoms with van der Waals surface area (Å²) in [4.78, 5) is 0. The van der Waals surface area contributed by atoms with Gasteiger partial charge in [-0.2, -0.15) is 0 Å². The van der Waals surface area contributed by atoms with Crippen molar-refractivity contribution >= 4 is 0 Å². The Hall–Kier alpha value is -3.28. The van der Waals surface area contributed by atoms with Crippen molar-refractivity contribution in [3.8, 4) is 45.0 Å². The molecular formula is C36H38N6. The molecule has 2 aromatic heterocycles. The molecule has 2 aromatic carbocycles. The summed E-state index contributed by atoms with van der Waals surface area (Å²) < 4.78 is 4.86. The SMILES string of the molecule is c1ccc2c(c1)-c1nnn(C34CC5CC(CC(C5)C3)C4)c1-c1ccccc1-c1nnn(C34CC5CC(CC(C5)C3)C4)c1-2. The van der Waals surface area contributed by atoms with E-state index in [2.05, 4.69) is 57.9 Å². The Morgan fingerprint density at radius 3 is 1.10 bits per heavy atom. The molecule has 212 valence electrons. The van der Waals surface area contributed by atoms with Gasteiger partial charge in [0.05, 0.1) is 22.5 Å². The van der Waals surface area contributed by atoms with Crippen LogP contribution >= 0.6 is 0 Å². The predicted molar refractivity (Wildman–Crippen MR) is 161 cm³/mol. The van der Waals surface area contributed by atoms with Crippen LogP contribution in [0.5, 0.6) is 0 Å². The minimum Gasteiger partial charge on any atom is -0.238 e. The highest BCUT2D eigenvalue weighted by atomic mass is 15.5. The summed E-state index contributed by atoms with van der Waals surface area (Å²) in [7, 11) is 0. The normalized spacial score (nSPS) is 38.0. The zero-order valence-corrected chi connectivity index (χ0v) is 24.3. The zero-order chi connectivity index (χ0) is 27.2. The number of hydrogen-bond donors (Lipinski definition) is 0. The van der Waals surface area contributed by atoms with Gasteiger partial charge in [0.1, 0.15) is 11.4 Å². The fraction of sp³-hybridized carbons (Fsp3) is 0.556. The first kappa shape index (κ1) is 23.2. The topological polar surface area (TPSA) is 61.4 Å². The van der Waals surface area contributed by atoms with Gasteiger partial charge in [0, 0.05) is 22.3 Å². The number of hydrogen-bond acceptors (Lipinski definition) is 4. The molecule has 2 heterocycles. The molecule has 0 spiro atoms. The Morgan fingerprint density at radius 1 is 0.452 bits per heavy atom. The van der Waals surface area contributed by atoms with E-state index < -0.39 is 0 Å². The lowest BCUT2D eigenvalue weighted by molar-refractivity contribution is -0.0494. The second-order valence-corrected chi connectivity index (χ2v) is 15.8. The van der Waals surface area contributed by atoms with Crippen molar-refractivity contribution in [1.29, 1.82) is 0 Å². The molecule has 13 rings (SSSR count). The number of rotatable bonds is 2. The fourth-order valence-electron chi connectivity index (χ4n) is 12.5. The number of aromatic nitrogens is 6. The van der Waals surface area contributed by atoms with Gasteiger partial charge in [-0.15, -0.1) is 10.2 Å². The molecule has 0 saturated heterocycles. The first-order chi connectivity index (χ1) is 20.6. The van der Waals surface area contributed by atoms with Gasteiger partial charge in [0.25, 0.3) is 0 Å². The summed E-state index contributed by atoms with van der Waals surface area (Å²) in [6.07, 6.45) is 16.1. The molecule has 8 saturated carbocycles. The monoisotopic (exact) mass is 554 g/mol. The highest BCUT2D eigenvalue weighted by molar-refractivity contribution is 5.99. The fourth-order valence-corrected chi connectivity index (χ4v) is 12.5. The van der Waals surface area contributed by atoms with Crippen molar-refractivity contribution in [1.82, 2.24) is 30.0 Å². The standard InChI is InChI=1S/C36H38N6/c1-3-7-29-27(5-1)31-34(42(39-37-31)36-18-24-12-25(19-36)14-26(13-24)20-36)30-8-4-2-6-28(30)32-33(29)41(40-38-32)35-15-21-9-22(16-35)11-23(10-21)17-35/h1-8,21-26H,9-20H2. The van der Waals surface area contributed by atoms with Gasteiger partial charge < -0.3 is 0 Å². The molecule has 0 atom stereocenters. The van der Waals surface area contributed by atoms with E-state index >= 15 is 0 Å². The van der Waals surface area contributed by atoms with Crippen LogP contribution in [-0.4, -0.2) is 30.0 Å². The average molecular weight is 555 g/mol. The van der Waals surface area contributed by atoms with Gasteiger partial charge >= 0.3 is 0 Å². The molecule has 6 heteroatoms. The van der Waals surface area contributed by atoms with Crippen LogP contribution in [0.4, 0.5) is 0 Å². The summed E-state index contributed by atoms with van der Waals surface area (Å²) in [5.41, 5.74) is 9.50. The number of nitrogens with zero attached hydrogens (tertiary/aromatic N) is 6. The van der Waals surface area contributed by atoms with Gasteiger partial charge in [-0.1, -0.05) is 59.0 Å². The molecule has 0 unspecified atom stereocenters. The highest BCUT2D eigenvalue weighted by Gasteiger charge is 2.55. The lowest BCUT2D eigenvalue weighted by atomic mass is 9.53. The van der Waals surface area contributed by atoms with Gasteiger partial charge in [-0.05, 0) is 113 Å². The number of fused-ring (bicyclic) bond motifs is 8. The van der Waals surface area contributed by atoms with Crippen LogP contribution in [0, 0.1) is 35.5 Å². The van der Waals surface area contributed by atoms with Crippen molar-refractivity contribution in [3.05, 3.63) is 48.5 Å². The van der Waals surface area contributed by atoms with Crippen LogP contribution in [0.1, 0.15) is 77.0 Å². The summed E-state index contributed by atoms with van der Waals surface area (Å²) in [6.45, 7) is 0. The van der Waals surface area contributed by atoms with Gasteiger partial charge in [0.15, 0.2) is 0 Å². The van der Waals surface area contributed by atoms with Crippen LogP contribution in [0.3, 0.4) is 0 Å². The maximum atomic E-state index is 5.12. The molecule has 8 bridgehead atoms. The van der Waals surface area contributed by atoms with Crippen molar-refractivity contribution in [2.75, 3.05) is 0 Å². The molecule has 4 aromatic rings. The zero-order valence-electron chi connectivity index (χ0n) is 24.3. The van der Waals surface area contributed by atoms with E-state index in [0.29, 0.717) is 0 Å². The quantitative estimate of drug-likeness (QED) is 0.224. The summed E-state index contributed by atoms with van der Waals surface area (Å²) >= 11 is 0. The third kappa shape index (κ3) is 2.92.